The summed E-state index contributed by atoms with van der Waals surface area (Å²) in [5, 5.41) is 5.20. The summed E-state index contributed by atoms with van der Waals surface area (Å²) in [6, 6.07) is 10.5. The number of nitrogens with one attached hydrogen (secondary N) is 1. The molecule has 0 saturated carbocycles. The molecule has 8 nitrogen and oxygen atoms in total. The van der Waals surface area contributed by atoms with Gasteiger partial charge in [-0.05, 0) is 48.5 Å². The van der Waals surface area contributed by atoms with Crippen LogP contribution in [0.1, 0.15) is 41.9 Å². The second kappa shape index (κ2) is 11.9. The second-order valence-corrected chi connectivity index (χ2v) is 10.7. The van der Waals surface area contributed by atoms with Gasteiger partial charge in [-0.2, -0.15) is 0 Å². The number of amides is 3. The SMILES string of the molecule is COc1cccc(CN(C(=O)C(C)C)C2CC(C(=O)N3CCCNCC3)N(C(=O)c3cccs3)C2)c1. The summed E-state index contributed by atoms with van der Waals surface area (Å²) < 4.78 is 5.38. The van der Waals surface area contributed by atoms with Gasteiger partial charge in [0.25, 0.3) is 5.91 Å². The molecule has 0 spiro atoms. The maximum Gasteiger partial charge on any atom is 0.264 e. The third-order valence-corrected chi connectivity index (χ3v) is 7.77. The number of rotatable bonds is 7. The number of hydrogen-bond acceptors (Lipinski definition) is 6. The van der Waals surface area contributed by atoms with Crippen LogP contribution in [0.25, 0.3) is 0 Å². The van der Waals surface area contributed by atoms with E-state index in [4.69, 9.17) is 4.74 Å². The molecule has 1 aromatic heterocycles. The number of carbonyl (C=O) groups is 3. The van der Waals surface area contributed by atoms with Crippen LogP contribution in [-0.2, 0) is 16.1 Å². The fourth-order valence-corrected chi connectivity index (χ4v) is 5.68. The van der Waals surface area contributed by atoms with E-state index in [9.17, 15) is 14.4 Å². The number of likely N-dealkylation sites (tertiary alicyclic amines) is 1. The van der Waals surface area contributed by atoms with E-state index in [1.807, 2.05) is 59.4 Å². The number of methoxy groups -OCH3 is 1. The van der Waals surface area contributed by atoms with Crippen molar-refractivity contribution in [1.82, 2.24) is 20.0 Å². The Morgan fingerprint density at radius 2 is 2.00 bits per heavy atom. The van der Waals surface area contributed by atoms with E-state index in [0.29, 0.717) is 37.5 Å². The van der Waals surface area contributed by atoms with E-state index < -0.39 is 6.04 Å². The molecule has 2 unspecified atom stereocenters. The molecule has 36 heavy (non-hydrogen) atoms. The van der Waals surface area contributed by atoms with Gasteiger partial charge >= 0.3 is 0 Å². The standard InChI is InChI=1S/C27H36N4O4S/c1-19(2)25(32)30(17-20-7-4-8-22(15-20)35-3)21-16-23(26(33)29-12-6-10-28-11-13-29)31(18-21)27(34)24-9-5-14-36-24/h4-5,7-9,14-15,19,21,23,28H,6,10-13,16-18H2,1-3H3. The lowest BCUT2D eigenvalue weighted by molar-refractivity contribution is -0.138. The average molecular weight is 513 g/mol. The van der Waals surface area contributed by atoms with Crippen LogP contribution in [0.15, 0.2) is 41.8 Å². The summed E-state index contributed by atoms with van der Waals surface area (Å²) in [5.41, 5.74) is 0.952. The average Bonchev–Trinajstić information content (AvgIpc) is 3.51. The summed E-state index contributed by atoms with van der Waals surface area (Å²) in [6.07, 6.45) is 1.32. The third-order valence-electron chi connectivity index (χ3n) is 6.91. The Morgan fingerprint density at radius 1 is 1.17 bits per heavy atom. The molecule has 2 aliphatic heterocycles. The van der Waals surface area contributed by atoms with E-state index in [1.54, 1.807) is 18.1 Å². The summed E-state index contributed by atoms with van der Waals surface area (Å²) in [5.74, 6) is 0.372. The number of ether oxygens (including phenoxy) is 1. The zero-order valence-electron chi connectivity index (χ0n) is 21.3. The van der Waals surface area contributed by atoms with Gasteiger partial charge in [0.1, 0.15) is 11.8 Å². The quantitative estimate of drug-likeness (QED) is 0.617. The van der Waals surface area contributed by atoms with Gasteiger partial charge in [0.05, 0.1) is 18.0 Å². The van der Waals surface area contributed by atoms with Crippen LogP contribution in [0.2, 0.25) is 0 Å². The highest BCUT2D eigenvalue weighted by atomic mass is 32.1. The molecule has 0 bridgehead atoms. The zero-order valence-corrected chi connectivity index (χ0v) is 22.1. The Morgan fingerprint density at radius 3 is 2.72 bits per heavy atom. The van der Waals surface area contributed by atoms with Crippen LogP contribution < -0.4 is 10.1 Å². The van der Waals surface area contributed by atoms with E-state index in [1.165, 1.54) is 11.3 Å². The number of nitrogens with zero attached hydrogens (tertiary/aromatic N) is 3. The first-order valence-corrected chi connectivity index (χ1v) is 13.5. The largest absolute Gasteiger partial charge is 0.497 e. The fraction of sp³-hybridized carbons (Fsp3) is 0.519. The predicted molar refractivity (Wildman–Crippen MR) is 140 cm³/mol. The van der Waals surface area contributed by atoms with Crippen molar-refractivity contribution >= 4 is 29.1 Å². The van der Waals surface area contributed by atoms with Crippen molar-refractivity contribution in [3.63, 3.8) is 0 Å². The van der Waals surface area contributed by atoms with E-state index >= 15 is 0 Å². The molecular weight excluding hydrogens is 476 g/mol. The highest BCUT2D eigenvalue weighted by Crippen LogP contribution is 2.29. The Labute approximate surface area is 217 Å². The van der Waals surface area contributed by atoms with Gasteiger partial charge in [0, 0.05) is 38.6 Å². The topological polar surface area (TPSA) is 82.2 Å². The molecule has 194 valence electrons. The van der Waals surface area contributed by atoms with Gasteiger partial charge in [0.15, 0.2) is 0 Å². The maximum absolute atomic E-state index is 13.7. The molecule has 0 aliphatic carbocycles. The molecule has 0 radical (unpaired) electrons. The van der Waals surface area contributed by atoms with Gasteiger partial charge in [-0.15, -0.1) is 11.3 Å². The van der Waals surface area contributed by atoms with Crippen LogP contribution in [0, 0.1) is 5.92 Å². The molecule has 2 saturated heterocycles. The highest BCUT2D eigenvalue weighted by molar-refractivity contribution is 7.12. The van der Waals surface area contributed by atoms with Crippen LogP contribution in [-0.4, -0.2) is 84.3 Å². The molecule has 2 aromatic rings. The number of thiophene rings is 1. The minimum absolute atomic E-state index is 0.0124. The minimum atomic E-state index is -0.588. The number of carbonyl (C=O) groups excluding carboxylic acids is 3. The normalized spacial score (nSPS) is 20.3. The van der Waals surface area contributed by atoms with Gasteiger partial charge in [-0.25, -0.2) is 0 Å². The van der Waals surface area contributed by atoms with E-state index in [-0.39, 0.29) is 29.7 Å². The smallest absolute Gasteiger partial charge is 0.264 e. The van der Waals surface area contributed by atoms with Gasteiger partial charge < -0.3 is 24.8 Å². The fourth-order valence-electron chi connectivity index (χ4n) is 5.00. The van der Waals surface area contributed by atoms with Crippen molar-refractivity contribution in [2.24, 2.45) is 5.92 Å². The third kappa shape index (κ3) is 5.90. The first-order valence-electron chi connectivity index (χ1n) is 12.7. The zero-order chi connectivity index (χ0) is 25.7. The number of benzene rings is 1. The lowest BCUT2D eigenvalue weighted by atomic mass is 10.1. The van der Waals surface area contributed by atoms with Crippen molar-refractivity contribution in [1.29, 1.82) is 0 Å². The molecular formula is C27H36N4O4S. The first-order chi connectivity index (χ1) is 17.4. The minimum Gasteiger partial charge on any atom is -0.497 e. The lowest BCUT2D eigenvalue weighted by Crippen LogP contribution is -2.48. The van der Waals surface area contributed by atoms with Crippen molar-refractivity contribution in [2.75, 3.05) is 39.8 Å². The molecule has 4 rings (SSSR count). The molecule has 2 fully saturated rings. The monoisotopic (exact) mass is 512 g/mol. The van der Waals surface area contributed by atoms with Gasteiger partial charge in [-0.3, -0.25) is 14.4 Å². The Balaban J connectivity index is 1.63. The van der Waals surface area contributed by atoms with Crippen molar-refractivity contribution in [2.45, 2.75) is 45.3 Å². The summed E-state index contributed by atoms with van der Waals surface area (Å²) in [4.78, 5) is 46.7. The van der Waals surface area contributed by atoms with Gasteiger partial charge in [-0.1, -0.05) is 32.0 Å². The van der Waals surface area contributed by atoms with Crippen molar-refractivity contribution < 1.29 is 19.1 Å². The van der Waals surface area contributed by atoms with Gasteiger partial charge in [0.2, 0.25) is 11.8 Å². The molecule has 3 amide bonds. The molecule has 2 atom stereocenters. The van der Waals surface area contributed by atoms with Crippen LogP contribution in [0.3, 0.4) is 0 Å². The maximum atomic E-state index is 13.7. The Hall–Kier alpha value is -2.91. The van der Waals surface area contributed by atoms with E-state index in [2.05, 4.69) is 5.32 Å². The molecule has 1 aromatic carbocycles. The van der Waals surface area contributed by atoms with Crippen molar-refractivity contribution in [3.8, 4) is 5.75 Å². The van der Waals surface area contributed by atoms with Crippen LogP contribution >= 0.6 is 11.3 Å². The Bertz CT molecular complexity index is 1050. The van der Waals surface area contributed by atoms with Crippen LogP contribution in [0.5, 0.6) is 5.75 Å². The molecule has 2 aliphatic rings. The predicted octanol–water partition coefficient (Wildman–Crippen LogP) is 2.85. The molecule has 9 heteroatoms. The molecule has 1 N–H and O–H groups in total. The second-order valence-electron chi connectivity index (χ2n) is 9.74. The lowest BCUT2D eigenvalue weighted by Gasteiger charge is -2.31. The summed E-state index contributed by atoms with van der Waals surface area (Å²) >= 11 is 1.38. The molecule has 3 heterocycles. The van der Waals surface area contributed by atoms with Crippen molar-refractivity contribution in [3.05, 3.63) is 52.2 Å². The summed E-state index contributed by atoms with van der Waals surface area (Å²) in [6.45, 7) is 7.43. The first kappa shape index (κ1) is 26.2. The van der Waals surface area contributed by atoms with E-state index in [0.717, 1.165) is 30.8 Å². The van der Waals surface area contributed by atoms with Crippen LogP contribution in [0.4, 0.5) is 0 Å². The summed E-state index contributed by atoms with van der Waals surface area (Å²) in [7, 11) is 1.62. The highest BCUT2D eigenvalue weighted by Gasteiger charge is 2.45. The number of hydrogen-bond donors (Lipinski definition) is 1. The Kier molecular flexibility index (Phi) is 8.64.